The standard InChI is InChI=1S/C15H12Br2ClFO2/c1-20-11-3-2-10(14(19)6-11)8-21-15-12(16)4-9(7-18)5-13(15)17/h2-6H,7-8H2,1H3. The summed E-state index contributed by atoms with van der Waals surface area (Å²) in [4.78, 5) is 0. The SMILES string of the molecule is COc1ccc(COc2c(Br)cc(CCl)cc2Br)c(F)c1. The van der Waals surface area contributed by atoms with Crippen molar-refractivity contribution in [2.24, 2.45) is 0 Å². The molecular formula is C15H12Br2ClFO2. The van der Waals surface area contributed by atoms with Gasteiger partial charge in [0.1, 0.15) is 23.9 Å². The third kappa shape index (κ3) is 4.11. The number of alkyl halides is 1. The summed E-state index contributed by atoms with van der Waals surface area (Å²) in [5.74, 6) is 1.13. The molecule has 0 radical (unpaired) electrons. The Hall–Kier alpha value is -0.780. The van der Waals surface area contributed by atoms with E-state index >= 15 is 0 Å². The average molecular weight is 439 g/mol. The van der Waals surface area contributed by atoms with Crippen molar-refractivity contribution in [1.29, 1.82) is 0 Å². The molecule has 0 aliphatic carbocycles. The number of hydrogen-bond donors (Lipinski definition) is 0. The maximum absolute atomic E-state index is 13.9. The van der Waals surface area contributed by atoms with E-state index in [9.17, 15) is 4.39 Å². The highest BCUT2D eigenvalue weighted by Crippen LogP contribution is 2.36. The van der Waals surface area contributed by atoms with Crippen LogP contribution >= 0.6 is 43.5 Å². The molecule has 0 saturated heterocycles. The second-order valence-electron chi connectivity index (χ2n) is 4.27. The van der Waals surface area contributed by atoms with Gasteiger partial charge in [-0.15, -0.1) is 11.6 Å². The molecule has 0 spiro atoms. The van der Waals surface area contributed by atoms with Gasteiger partial charge in [-0.2, -0.15) is 0 Å². The van der Waals surface area contributed by atoms with E-state index in [-0.39, 0.29) is 12.4 Å². The molecule has 0 aromatic heterocycles. The molecule has 6 heteroatoms. The van der Waals surface area contributed by atoms with Gasteiger partial charge in [-0.3, -0.25) is 0 Å². The summed E-state index contributed by atoms with van der Waals surface area (Å²) in [6, 6.07) is 8.42. The lowest BCUT2D eigenvalue weighted by Crippen LogP contribution is -2.00. The quantitative estimate of drug-likeness (QED) is 0.560. The molecule has 0 atom stereocenters. The summed E-state index contributed by atoms with van der Waals surface area (Å²) in [5.41, 5.74) is 1.41. The van der Waals surface area contributed by atoms with Gasteiger partial charge in [0.25, 0.3) is 0 Å². The third-order valence-corrected chi connectivity index (χ3v) is 4.33. The second-order valence-corrected chi connectivity index (χ2v) is 6.24. The summed E-state index contributed by atoms with van der Waals surface area (Å²) in [7, 11) is 1.50. The zero-order valence-corrected chi connectivity index (χ0v) is 15.1. The van der Waals surface area contributed by atoms with Crippen molar-refractivity contribution in [3.63, 3.8) is 0 Å². The fourth-order valence-electron chi connectivity index (χ4n) is 1.75. The highest BCUT2D eigenvalue weighted by atomic mass is 79.9. The Kier molecular flexibility index (Phi) is 5.90. The van der Waals surface area contributed by atoms with Crippen molar-refractivity contribution in [2.45, 2.75) is 12.5 Å². The van der Waals surface area contributed by atoms with E-state index in [2.05, 4.69) is 31.9 Å². The summed E-state index contributed by atoms with van der Waals surface area (Å²) < 4.78 is 26.0. The van der Waals surface area contributed by atoms with Crippen LogP contribution in [0.1, 0.15) is 11.1 Å². The minimum Gasteiger partial charge on any atom is -0.497 e. The van der Waals surface area contributed by atoms with Gasteiger partial charge in [-0.25, -0.2) is 4.39 Å². The summed E-state index contributed by atoms with van der Waals surface area (Å²) in [5, 5.41) is 0. The van der Waals surface area contributed by atoms with Gasteiger partial charge in [-0.05, 0) is 61.7 Å². The second kappa shape index (κ2) is 7.47. The van der Waals surface area contributed by atoms with Crippen LogP contribution in [0.2, 0.25) is 0 Å². The lowest BCUT2D eigenvalue weighted by Gasteiger charge is -2.12. The Balaban J connectivity index is 2.17. The number of halogens is 4. The lowest BCUT2D eigenvalue weighted by atomic mass is 10.2. The van der Waals surface area contributed by atoms with E-state index in [1.54, 1.807) is 12.1 Å². The van der Waals surface area contributed by atoms with E-state index in [0.717, 1.165) is 14.5 Å². The molecular weight excluding hydrogens is 426 g/mol. The number of hydrogen-bond acceptors (Lipinski definition) is 2. The van der Waals surface area contributed by atoms with Crippen LogP contribution in [0.3, 0.4) is 0 Å². The molecule has 0 bridgehead atoms. The fourth-order valence-corrected chi connectivity index (χ4v) is 3.41. The summed E-state index contributed by atoms with van der Waals surface area (Å²) >= 11 is 12.7. The average Bonchev–Trinajstić information content (AvgIpc) is 2.47. The van der Waals surface area contributed by atoms with Gasteiger partial charge >= 0.3 is 0 Å². The summed E-state index contributed by atoms with van der Waals surface area (Å²) in [6.07, 6.45) is 0. The van der Waals surface area contributed by atoms with E-state index in [1.807, 2.05) is 12.1 Å². The molecule has 112 valence electrons. The van der Waals surface area contributed by atoms with Crippen molar-refractivity contribution >= 4 is 43.5 Å². The highest BCUT2D eigenvalue weighted by molar-refractivity contribution is 9.11. The molecule has 21 heavy (non-hydrogen) atoms. The molecule has 2 aromatic rings. The molecule has 0 aliphatic heterocycles. The van der Waals surface area contributed by atoms with Crippen molar-refractivity contribution in [1.82, 2.24) is 0 Å². The van der Waals surface area contributed by atoms with Crippen molar-refractivity contribution in [3.8, 4) is 11.5 Å². The van der Waals surface area contributed by atoms with Gasteiger partial charge < -0.3 is 9.47 Å². The first-order chi connectivity index (χ1) is 10.0. The van der Waals surface area contributed by atoms with E-state index in [1.165, 1.54) is 13.2 Å². The Morgan fingerprint density at radius 2 is 1.81 bits per heavy atom. The van der Waals surface area contributed by atoms with Crippen LogP contribution in [-0.2, 0) is 12.5 Å². The molecule has 2 aromatic carbocycles. The molecule has 0 amide bonds. The minimum absolute atomic E-state index is 0.118. The summed E-state index contributed by atoms with van der Waals surface area (Å²) in [6.45, 7) is 0.118. The van der Waals surface area contributed by atoms with Gasteiger partial charge in [-0.1, -0.05) is 0 Å². The molecule has 0 aliphatic rings. The first kappa shape index (κ1) is 16.6. The smallest absolute Gasteiger partial charge is 0.148 e. The Bertz CT molecular complexity index is 627. The van der Waals surface area contributed by atoms with Crippen molar-refractivity contribution in [2.75, 3.05) is 7.11 Å². The van der Waals surface area contributed by atoms with Crippen LogP contribution in [-0.4, -0.2) is 7.11 Å². The largest absolute Gasteiger partial charge is 0.497 e. The predicted octanol–water partition coefficient (Wildman–Crippen LogP) is 5.68. The lowest BCUT2D eigenvalue weighted by molar-refractivity contribution is 0.295. The van der Waals surface area contributed by atoms with Crippen LogP contribution in [0.15, 0.2) is 39.3 Å². The molecule has 0 saturated carbocycles. The number of methoxy groups -OCH3 is 1. The maximum atomic E-state index is 13.9. The molecule has 0 N–H and O–H groups in total. The zero-order chi connectivity index (χ0) is 15.4. The number of benzene rings is 2. The van der Waals surface area contributed by atoms with Crippen LogP contribution in [0.25, 0.3) is 0 Å². The Morgan fingerprint density at radius 3 is 2.33 bits per heavy atom. The van der Waals surface area contributed by atoms with E-state index in [4.69, 9.17) is 21.1 Å². The van der Waals surface area contributed by atoms with Gasteiger partial charge in [0.05, 0.1) is 16.1 Å². The van der Waals surface area contributed by atoms with Crippen LogP contribution in [0.5, 0.6) is 11.5 Å². The first-order valence-corrected chi connectivity index (χ1v) is 8.16. The van der Waals surface area contributed by atoms with Gasteiger partial charge in [0, 0.05) is 17.5 Å². The topological polar surface area (TPSA) is 18.5 Å². The molecule has 2 nitrogen and oxygen atoms in total. The van der Waals surface area contributed by atoms with Crippen LogP contribution in [0.4, 0.5) is 4.39 Å². The first-order valence-electron chi connectivity index (χ1n) is 6.04. The Labute approximate surface area is 144 Å². The van der Waals surface area contributed by atoms with Gasteiger partial charge in [0.2, 0.25) is 0 Å². The number of rotatable bonds is 5. The number of ether oxygens (including phenoxy) is 2. The zero-order valence-electron chi connectivity index (χ0n) is 11.1. The van der Waals surface area contributed by atoms with Crippen molar-refractivity contribution < 1.29 is 13.9 Å². The monoisotopic (exact) mass is 436 g/mol. The predicted molar refractivity (Wildman–Crippen MR) is 88.7 cm³/mol. The normalized spacial score (nSPS) is 10.5. The van der Waals surface area contributed by atoms with Crippen LogP contribution < -0.4 is 9.47 Å². The molecule has 0 fully saturated rings. The molecule has 0 unspecified atom stereocenters. The maximum Gasteiger partial charge on any atom is 0.148 e. The Morgan fingerprint density at radius 1 is 1.14 bits per heavy atom. The highest BCUT2D eigenvalue weighted by Gasteiger charge is 2.11. The van der Waals surface area contributed by atoms with Crippen molar-refractivity contribution in [3.05, 3.63) is 56.2 Å². The third-order valence-electron chi connectivity index (χ3n) is 2.84. The van der Waals surface area contributed by atoms with Gasteiger partial charge in [0.15, 0.2) is 0 Å². The molecule has 0 heterocycles. The van der Waals surface area contributed by atoms with E-state index < -0.39 is 0 Å². The fraction of sp³-hybridized carbons (Fsp3) is 0.200. The van der Waals surface area contributed by atoms with Crippen LogP contribution in [0, 0.1) is 5.82 Å². The molecule has 2 rings (SSSR count). The van der Waals surface area contributed by atoms with E-state index in [0.29, 0.717) is 22.9 Å². The minimum atomic E-state index is -0.362.